The van der Waals surface area contributed by atoms with Crippen molar-refractivity contribution in [1.82, 2.24) is 4.90 Å². The molecule has 1 heterocycles. The maximum atomic E-state index is 11.6. The Kier molecular flexibility index (Phi) is 3.50. The van der Waals surface area contributed by atoms with E-state index >= 15 is 0 Å². The van der Waals surface area contributed by atoms with Crippen molar-refractivity contribution in [3.05, 3.63) is 0 Å². The van der Waals surface area contributed by atoms with E-state index in [0.29, 0.717) is 25.7 Å². The van der Waals surface area contributed by atoms with Gasteiger partial charge >= 0.3 is 0 Å². The fourth-order valence-electron chi connectivity index (χ4n) is 2.67. The molecule has 4 nitrogen and oxygen atoms in total. The maximum absolute atomic E-state index is 11.6. The van der Waals surface area contributed by atoms with Gasteiger partial charge in [-0.3, -0.25) is 4.79 Å². The number of amides is 1. The Hall–Kier alpha value is -0.610. The predicted molar refractivity (Wildman–Crippen MR) is 60.0 cm³/mol. The first-order valence-corrected chi connectivity index (χ1v) is 6.20. The molecule has 1 saturated heterocycles. The molecular weight excluding hydrogens is 206 g/mol. The van der Waals surface area contributed by atoms with Crippen LogP contribution in [0.5, 0.6) is 0 Å². The summed E-state index contributed by atoms with van der Waals surface area (Å²) < 4.78 is 11.3. The maximum Gasteiger partial charge on any atom is 0.222 e. The van der Waals surface area contributed by atoms with Crippen molar-refractivity contribution in [2.24, 2.45) is 0 Å². The number of nitrogens with zero attached hydrogens (tertiary/aromatic N) is 1. The second-order valence-corrected chi connectivity index (χ2v) is 4.70. The molecule has 0 radical (unpaired) electrons. The number of carbonyl (C=O) groups excluding carboxylic acids is 1. The van der Waals surface area contributed by atoms with Crippen molar-refractivity contribution in [3.63, 3.8) is 0 Å². The highest BCUT2D eigenvalue weighted by Gasteiger charge is 2.41. The van der Waals surface area contributed by atoms with E-state index in [-0.39, 0.29) is 11.7 Å². The zero-order chi connectivity index (χ0) is 11.6. The lowest BCUT2D eigenvalue weighted by molar-refractivity contribution is -0.184. The van der Waals surface area contributed by atoms with Crippen LogP contribution in [-0.2, 0) is 14.3 Å². The van der Waals surface area contributed by atoms with Gasteiger partial charge in [0.15, 0.2) is 5.79 Å². The van der Waals surface area contributed by atoms with Crippen LogP contribution in [0.25, 0.3) is 0 Å². The summed E-state index contributed by atoms with van der Waals surface area (Å²) in [7, 11) is 1.91. The molecule has 0 atom stereocenters. The van der Waals surface area contributed by atoms with Gasteiger partial charge in [-0.15, -0.1) is 0 Å². The van der Waals surface area contributed by atoms with E-state index in [1.165, 1.54) is 0 Å². The second kappa shape index (κ2) is 4.72. The van der Waals surface area contributed by atoms with Crippen LogP contribution in [0.1, 0.15) is 39.0 Å². The molecule has 1 amide bonds. The van der Waals surface area contributed by atoms with Gasteiger partial charge in [0.1, 0.15) is 0 Å². The average molecular weight is 227 g/mol. The summed E-state index contributed by atoms with van der Waals surface area (Å²) in [5.41, 5.74) is 0. The quantitative estimate of drug-likeness (QED) is 0.718. The third-order valence-corrected chi connectivity index (χ3v) is 3.77. The average Bonchev–Trinajstić information content (AvgIpc) is 2.77. The molecule has 2 fully saturated rings. The molecule has 2 rings (SSSR count). The zero-order valence-corrected chi connectivity index (χ0v) is 10.2. The van der Waals surface area contributed by atoms with E-state index in [1.54, 1.807) is 0 Å². The standard InChI is InChI=1S/C12H21NO3/c1-3-11(14)13(2)10-4-6-12(7-5-10)15-8-9-16-12/h10H,3-9H2,1-2H3. The smallest absolute Gasteiger partial charge is 0.222 e. The molecule has 0 aromatic heterocycles. The molecule has 0 N–H and O–H groups in total. The summed E-state index contributed by atoms with van der Waals surface area (Å²) in [4.78, 5) is 13.5. The summed E-state index contributed by atoms with van der Waals surface area (Å²) in [5.74, 6) is -0.0821. The molecule has 0 aromatic rings. The Morgan fingerprint density at radius 3 is 2.38 bits per heavy atom. The highest BCUT2D eigenvalue weighted by Crippen LogP contribution is 2.37. The number of hydrogen-bond acceptors (Lipinski definition) is 3. The summed E-state index contributed by atoms with van der Waals surface area (Å²) in [6.07, 6.45) is 4.40. The van der Waals surface area contributed by atoms with E-state index < -0.39 is 0 Å². The first-order chi connectivity index (χ1) is 7.67. The van der Waals surface area contributed by atoms with Crippen molar-refractivity contribution in [2.75, 3.05) is 20.3 Å². The van der Waals surface area contributed by atoms with E-state index in [4.69, 9.17) is 9.47 Å². The summed E-state index contributed by atoms with van der Waals surface area (Å²) in [6.45, 7) is 3.34. The number of carbonyl (C=O) groups is 1. The van der Waals surface area contributed by atoms with Crippen LogP contribution in [0.15, 0.2) is 0 Å². The molecule has 1 aliphatic heterocycles. The first-order valence-electron chi connectivity index (χ1n) is 6.20. The molecule has 0 unspecified atom stereocenters. The van der Waals surface area contributed by atoms with Gasteiger partial charge in [0, 0.05) is 32.4 Å². The summed E-state index contributed by atoms with van der Waals surface area (Å²) >= 11 is 0. The van der Waals surface area contributed by atoms with Gasteiger partial charge in [0.05, 0.1) is 13.2 Å². The number of ether oxygens (including phenoxy) is 2. The highest BCUT2D eigenvalue weighted by atomic mass is 16.7. The van der Waals surface area contributed by atoms with Crippen LogP contribution in [0.4, 0.5) is 0 Å². The van der Waals surface area contributed by atoms with Crippen molar-refractivity contribution in [1.29, 1.82) is 0 Å². The Labute approximate surface area is 96.9 Å². The largest absolute Gasteiger partial charge is 0.348 e. The molecule has 1 spiro atoms. The van der Waals surface area contributed by atoms with Crippen LogP contribution in [-0.4, -0.2) is 42.9 Å². The van der Waals surface area contributed by atoms with Crippen LogP contribution in [0.2, 0.25) is 0 Å². The number of rotatable bonds is 2. The predicted octanol–water partition coefficient (Wildman–Crippen LogP) is 1.54. The van der Waals surface area contributed by atoms with Gasteiger partial charge in [-0.1, -0.05) is 6.92 Å². The van der Waals surface area contributed by atoms with Crippen molar-refractivity contribution in [3.8, 4) is 0 Å². The fourth-order valence-corrected chi connectivity index (χ4v) is 2.67. The van der Waals surface area contributed by atoms with E-state index in [2.05, 4.69) is 0 Å². The van der Waals surface area contributed by atoms with Crippen molar-refractivity contribution < 1.29 is 14.3 Å². The van der Waals surface area contributed by atoms with Gasteiger partial charge < -0.3 is 14.4 Å². The molecule has 1 saturated carbocycles. The van der Waals surface area contributed by atoms with Crippen molar-refractivity contribution >= 4 is 5.91 Å². The van der Waals surface area contributed by atoms with Crippen LogP contribution >= 0.6 is 0 Å². The third kappa shape index (κ3) is 2.23. The van der Waals surface area contributed by atoms with Crippen LogP contribution in [0, 0.1) is 0 Å². The lowest BCUT2D eigenvalue weighted by Crippen LogP contribution is -2.44. The van der Waals surface area contributed by atoms with Crippen LogP contribution in [0.3, 0.4) is 0 Å². The zero-order valence-electron chi connectivity index (χ0n) is 10.2. The molecule has 2 aliphatic rings. The van der Waals surface area contributed by atoms with E-state index in [0.717, 1.165) is 25.7 Å². The van der Waals surface area contributed by atoms with E-state index in [9.17, 15) is 4.79 Å². The lowest BCUT2D eigenvalue weighted by atomic mass is 9.89. The monoisotopic (exact) mass is 227 g/mol. The molecule has 92 valence electrons. The second-order valence-electron chi connectivity index (χ2n) is 4.70. The third-order valence-electron chi connectivity index (χ3n) is 3.77. The van der Waals surface area contributed by atoms with Crippen molar-refractivity contribution in [2.45, 2.75) is 50.9 Å². The Bertz CT molecular complexity index is 251. The Morgan fingerprint density at radius 2 is 1.88 bits per heavy atom. The summed E-state index contributed by atoms with van der Waals surface area (Å²) in [6, 6.07) is 0.367. The normalized spacial score (nSPS) is 24.9. The minimum absolute atomic E-state index is 0.231. The number of hydrogen-bond donors (Lipinski definition) is 0. The van der Waals surface area contributed by atoms with Gasteiger partial charge in [0.2, 0.25) is 5.91 Å². The van der Waals surface area contributed by atoms with Gasteiger partial charge in [-0.2, -0.15) is 0 Å². The Morgan fingerprint density at radius 1 is 1.31 bits per heavy atom. The molecule has 1 aliphatic carbocycles. The SMILES string of the molecule is CCC(=O)N(C)C1CCC2(CC1)OCCO2. The molecule has 0 bridgehead atoms. The lowest BCUT2D eigenvalue weighted by Gasteiger charge is -2.39. The Balaban J connectivity index is 1.87. The minimum atomic E-state index is -0.313. The molecule has 0 aromatic carbocycles. The minimum Gasteiger partial charge on any atom is -0.348 e. The van der Waals surface area contributed by atoms with Gasteiger partial charge in [-0.05, 0) is 12.8 Å². The fraction of sp³-hybridized carbons (Fsp3) is 0.917. The molecule has 4 heteroatoms. The van der Waals surface area contributed by atoms with Gasteiger partial charge in [-0.25, -0.2) is 0 Å². The highest BCUT2D eigenvalue weighted by molar-refractivity contribution is 5.75. The summed E-state index contributed by atoms with van der Waals surface area (Å²) in [5, 5.41) is 0. The first kappa shape index (κ1) is 11.9. The van der Waals surface area contributed by atoms with Gasteiger partial charge in [0.25, 0.3) is 0 Å². The molecule has 16 heavy (non-hydrogen) atoms. The topological polar surface area (TPSA) is 38.8 Å². The van der Waals surface area contributed by atoms with E-state index in [1.807, 2.05) is 18.9 Å². The molecular formula is C12H21NO3. The van der Waals surface area contributed by atoms with Crippen LogP contribution < -0.4 is 0 Å².